The zero-order chi connectivity index (χ0) is 12.1. The summed E-state index contributed by atoms with van der Waals surface area (Å²) in [4.78, 5) is 21.2. The van der Waals surface area contributed by atoms with Gasteiger partial charge in [0.1, 0.15) is 6.04 Å². The number of carboxylic acids is 1. The first-order valence-electron chi connectivity index (χ1n) is 4.17. The SMILES string of the molecule is CCOC(=O)CS(=O)(=O)N[C@H](C)C(=O)O. The van der Waals surface area contributed by atoms with E-state index in [1.807, 2.05) is 4.72 Å². The zero-order valence-electron chi connectivity index (χ0n) is 8.39. The maximum Gasteiger partial charge on any atom is 0.322 e. The van der Waals surface area contributed by atoms with Gasteiger partial charge in [0.25, 0.3) is 0 Å². The number of carboxylic acid groups (broad SMARTS) is 1. The van der Waals surface area contributed by atoms with E-state index in [1.165, 1.54) is 6.92 Å². The summed E-state index contributed by atoms with van der Waals surface area (Å²) in [7, 11) is -3.95. The van der Waals surface area contributed by atoms with Gasteiger partial charge in [-0.1, -0.05) is 0 Å². The van der Waals surface area contributed by atoms with E-state index in [0.29, 0.717) is 0 Å². The average molecular weight is 239 g/mol. The van der Waals surface area contributed by atoms with Gasteiger partial charge in [0.2, 0.25) is 10.0 Å². The molecule has 0 amide bonds. The third-order valence-corrected chi connectivity index (χ3v) is 2.67. The number of hydrogen-bond acceptors (Lipinski definition) is 5. The maximum atomic E-state index is 11.2. The molecule has 0 spiro atoms. The van der Waals surface area contributed by atoms with Gasteiger partial charge >= 0.3 is 11.9 Å². The fourth-order valence-corrected chi connectivity index (χ4v) is 1.84. The van der Waals surface area contributed by atoms with Crippen molar-refractivity contribution in [1.29, 1.82) is 0 Å². The van der Waals surface area contributed by atoms with Crippen LogP contribution >= 0.6 is 0 Å². The molecule has 0 saturated carbocycles. The van der Waals surface area contributed by atoms with Gasteiger partial charge in [-0.05, 0) is 13.8 Å². The number of carbonyl (C=O) groups is 2. The number of rotatable bonds is 6. The maximum absolute atomic E-state index is 11.2. The Morgan fingerprint density at radius 3 is 2.40 bits per heavy atom. The number of hydrogen-bond donors (Lipinski definition) is 2. The van der Waals surface area contributed by atoms with Gasteiger partial charge in [0, 0.05) is 0 Å². The Balaban J connectivity index is 4.32. The van der Waals surface area contributed by atoms with E-state index in [1.54, 1.807) is 0 Å². The number of esters is 1. The lowest BCUT2D eigenvalue weighted by Gasteiger charge is -2.09. The van der Waals surface area contributed by atoms with Crippen LogP contribution in [0.2, 0.25) is 0 Å². The fourth-order valence-electron chi connectivity index (χ4n) is 0.719. The highest BCUT2D eigenvalue weighted by Crippen LogP contribution is 1.92. The second-order valence-corrected chi connectivity index (χ2v) is 4.50. The van der Waals surface area contributed by atoms with Crippen molar-refractivity contribution in [3.05, 3.63) is 0 Å². The Hall–Kier alpha value is -1.15. The van der Waals surface area contributed by atoms with Crippen molar-refractivity contribution in [3.8, 4) is 0 Å². The molecule has 8 heteroatoms. The van der Waals surface area contributed by atoms with Crippen molar-refractivity contribution < 1.29 is 27.9 Å². The summed E-state index contributed by atoms with van der Waals surface area (Å²) in [6, 6.07) is -1.27. The van der Waals surface area contributed by atoms with E-state index >= 15 is 0 Å². The summed E-state index contributed by atoms with van der Waals surface area (Å²) in [5.74, 6) is -3.11. The second-order valence-electron chi connectivity index (χ2n) is 2.74. The van der Waals surface area contributed by atoms with Crippen LogP contribution in [0.3, 0.4) is 0 Å². The molecule has 0 radical (unpaired) electrons. The molecule has 0 aromatic rings. The van der Waals surface area contributed by atoms with Gasteiger partial charge in [0.15, 0.2) is 5.75 Å². The second kappa shape index (κ2) is 5.66. The summed E-state index contributed by atoms with van der Waals surface area (Å²) in [5.41, 5.74) is 0. The number of nitrogens with one attached hydrogen (secondary N) is 1. The lowest BCUT2D eigenvalue weighted by molar-refractivity contribution is -0.140. The summed E-state index contributed by atoms with van der Waals surface area (Å²) < 4.78 is 28.5. The minimum absolute atomic E-state index is 0.0723. The number of carbonyl (C=O) groups excluding carboxylic acids is 1. The van der Waals surface area contributed by atoms with Crippen LogP contribution < -0.4 is 4.72 Å². The van der Waals surface area contributed by atoms with Crippen LogP contribution in [0.15, 0.2) is 0 Å². The van der Waals surface area contributed by atoms with Gasteiger partial charge in [0.05, 0.1) is 6.61 Å². The van der Waals surface area contributed by atoms with Crippen LogP contribution in [-0.2, 0) is 24.3 Å². The third-order valence-electron chi connectivity index (χ3n) is 1.34. The van der Waals surface area contributed by atoms with Crippen LogP contribution in [0.5, 0.6) is 0 Å². The van der Waals surface area contributed by atoms with Crippen LogP contribution in [0.4, 0.5) is 0 Å². The van der Waals surface area contributed by atoms with E-state index in [9.17, 15) is 18.0 Å². The first kappa shape index (κ1) is 13.8. The summed E-state index contributed by atoms with van der Waals surface area (Å²) in [6.45, 7) is 2.77. The smallest absolute Gasteiger partial charge is 0.322 e. The molecule has 0 heterocycles. The first-order valence-corrected chi connectivity index (χ1v) is 5.82. The fraction of sp³-hybridized carbons (Fsp3) is 0.714. The van der Waals surface area contributed by atoms with Crippen molar-refractivity contribution in [2.24, 2.45) is 0 Å². The molecule has 0 aromatic heterocycles. The van der Waals surface area contributed by atoms with Crippen molar-refractivity contribution in [3.63, 3.8) is 0 Å². The van der Waals surface area contributed by atoms with Crippen molar-refractivity contribution >= 4 is 22.0 Å². The van der Waals surface area contributed by atoms with Gasteiger partial charge in [-0.3, -0.25) is 9.59 Å². The zero-order valence-corrected chi connectivity index (χ0v) is 9.20. The lowest BCUT2D eigenvalue weighted by atomic mass is 10.4. The van der Waals surface area contributed by atoms with Gasteiger partial charge in [-0.25, -0.2) is 13.1 Å². The molecule has 2 N–H and O–H groups in total. The highest BCUT2D eigenvalue weighted by atomic mass is 32.2. The predicted octanol–water partition coefficient (Wildman–Crippen LogP) is -1.06. The van der Waals surface area contributed by atoms with Gasteiger partial charge in [-0.2, -0.15) is 0 Å². The molecule has 0 unspecified atom stereocenters. The largest absolute Gasteiger partial charge is 0.480 e. The number of sulfonamides is 1. The molecule has 0 bridgehead atoms. The number of aliphatic carboxylic acids is 1. The minimum atomic E-state index is -3.95. The average Bonchev–Trinajstić information content (AvgIpc) is 2.01. The van der Waals surface area contributed by atoms with E-state index in [-0.39, 0.29) is 6.61 Å². The van der Waals surface area contributed by atoms with Crippen LogP contribution in [0.1, 0.15) is 13.8 Å². The molecule has 15 heavy (non-hydrogen) atoms. The topological polar surface area (TPSA) is 110 Å². The molecule has 0 fully saturated rings. The Bertz CT molecular complexity index is 335. The van der Waals surface area contributed by atoms with Crippen LogP contribution in [-0.4, -0.2) is 43.9 Å². The van der Waals surface area contributed by atoms with Gasteiger partial charge < -0.3 is 9.84 Å². The Kier molecular flexibility index (Phi) is 5.23. The summed E-state index contributed by atoms with van der Waals surface area (Å²) >= 11 is 0. The molecule has 88 valence electrons. The minimum Gasteiger partial charge on any atom is -0.480 e. The standard InChI is InChI=1S/C7H13NO6S/c1-3-14-6(9)4-15(12,13)8-5(2)7(10)11/h5,8H,3-4H2,1-2H3,(H,10,11)/t5-/m1/s1. The van der Waals surface area contributed by atoms with E-state index in [2.05, 4.69) is 4.74 Å². The summed E-state index contributed by atoms with van der Waals surface area (Å²) in [5, 5.41) is 8.44. The Morgan fingerprint density at radius 1 is 1.47 bits per heavy atom. The molecule has 0 aliphatic heterocycles. The van der Waals surface area contributed by atoms with Gasteiger partial charge in [-0.15, -0.1) is 0 Å². The normalized spacial score (nSPS) is 13.2. The van der Waals surface area contributed by atoms with Crippen LogP contribution in [0, 0.1) is 0 Å². The Morgan fingerprint density at radius 2 is 2.00 bits per heavy atom. The quantitative estimate of drug-likeness (QED) is 0.572. The molecule has 7 nitrogen and oxygen atoms in total. The highest BCUT2D eigenvalue weighted by molar-refractivity contribution is 7.90. The van der Waals surface area contributed by atoms with E-state index < -0.39 is 33.8 Å². The molecule has 0 saturated heterocycles. The van der Waals surface area contributed by atoms with Crippen LogP contribution in [0.25, 0.3) is 0 Å². The monoisotopic (exact) mass is 239 g/mol. The molecular weight excluding hydrogens is 226 g/mol. The van der Waals surface area contributed by atoms with Crippen molar-refractivity contribution in [2.75, 3.05) is 12.4 Å². The van der Waals surface area contributed by atoms with Crippen molar-refractivity contribution in [1.82, 2.24) is 4.72 Å². The predicted molar refractivity (Wildman–Crippen MR) is 50.7 cm³/mol. The summed E-state index contributed by atoms with van der Waals surface area (Å²) in [6.07, 6.45) is 0. The molecule has 0 aliphatic rings. The first-order chi connectivity index (χ1) is 6.78. The number of ether oxygens (including phenoxy) is 1. The Labute approximate surface area is 87.5 Å². The van der Waals surface area contributed by atoms with Crippen molar-refractivity contribution in [2.45, 2.75) is 19.9 Å². The molecule has 0 aliphatic carbocycles. The molecule has 0 aromatic carbocycles. The van der Waals surface area contributed by atoms with E-state index in [4.69, 9.17) is 5.11 Å². The molecule has 1 atom stereocenters. The molecule has 0 rings (SSSR count). The highest BCUT2D eigenvalue weighted by Gasteiger charge is 2.22. The lowest BCUT2D eigenvalue weighted by Crippen LogP contribution is -2.41. The third kappa shape index (κ3) is 6.02. The van der Waals surface area contributed by atoms with E-state index in [0.717, 1.165) is 6.92 Å². The molecular formula is C7H13NO6S.